The molecule has 1 aliphatic rings. The molecule has 2 rings (SSSR count). The third kappa shape index (κ3) is 2.51. The highest BCUT2D eigenvalue weighted by Crippen LogP contribution is 2.09. The van der Waals surface area contributed by atoms with Gasteiger partial charge in [-0.3, -0.25) is 4.90 Å². The third-order valence-electron chi connectivity index (χ3n) is 2.71. The van der Waals surface area contributed by atoms with Crippen LogP contribution in [0.2, 0.25) is 0 Å². The van der Waals surface area contributed by atoms with Gasteiger partial charge in [0.1, 0.15) is 13.1 Å². The van der Waals surface area contributed by atoms with E-state index in [0.29, 0.717) is 0 Å². The largest absolute Gasteiger partial charge is 0.369 e. The van der Waals surface area contributed by atoms with Crippen molar-refractivity contribution in [2.75, 3.05) is 31.1 Å². The highest BCUT2D eigenvalue weighted by atomic mass is 15.3. The first kappa shape index (κ1) is 10.5. The number of nitrogens with zero attached hydrogens (tertiary/aromatic N) is 3. The summed E-state index contributed by atoms with van der Waals surface area (Å²) >= 11 is 0. The van der Waals surface area contributed by atoms with E-state index < -0.39 is 0 Å². The second-order valence-electron chi connectivity index (χ2n) is 3.72. The van der Waals surface area contributed by atoms with E-state index in [-0.39, 0.29) is 0 Å². The highest BCUT2D eigenvalue weighted by molar-refractivity contribution is 5.32. The van der Waals surface area contributed by atoms with Crippen molar-refractivity contribution in [1.29, 1.82) is 5.26 Å². The minimum Gasteiger partial charge on any atom is -0.369 e. The van der Waals surface area contributed by atoms with Crippen molar-refractivity contribution in [3.63, 3.8) is 0 Å². The normalized spacial score (nSPS) is 16.4. The van der Waals surface area contributed by atoms with Crippen molar-refractivity contribution in [3.8, 4) is 6.07 Å². The van der Waals surface area contributed by atoms with Gasteiger partial charge in [0.2, 0.25) is 0 Å². The summed E-state index contributed by atoms with van der Waals surface area (Å²) in [5.74, 6) is 1.16. The van der Waals surface area contributed by atoms with Gasteiger partial charge in [-0.1, -0.05) is 6.07 Å². The van der Waals surface area contributed by atoms with Gasteiger partial charge < -0.3 is 4.90 Å². The first-order valence-electron chi connectivity index (χ1n) is 5.42. The van der Waals surface area contributed by atoms with E-state index in [1.807, 2.05) is 30.6 Å². The van der Waals surface area contributed by atoms with Crippen LogP contribution < -0.4 is 9.88 Å². The zero-order valence-corrected chi connectivity index (χ0v) is 9.13. The molecular formula is C12H15N4+. The van der Waals surface area contributed by atoms with Gasteiger partial charge in [0.05, 0.1) is 25.4 Å². The second-order valence-corrected chi connectivity index (χ2v) is 3.72. The molecule has 0 bridgehead atoms. The molecule has 2 heterocycles. The molecule has 1 saturated heterocycles. The van der Waals surface area contributed by atoms with Crippen LogP contribution in [0.1, 0.15) is 0 Å². The Morgan fingerprint density at radius 2 is 2.06 bits per heavy atom. The van der Waals surface area contributed by atoms with Gasteiger partial charge in [-0.25, -0.2) is 4.98 Å². The number of aromatic nitrogens is 1. The van der Waals surface area contributed by atoms with Crippen molar-refractivity contribution >= 4 is 5.82 Å². The van der Waals surface area contributed by atoms with Crippen LogP contribution in [0.15, 0.2) is 36.7 Å². The Morgan fingerprint density at radius 3 is 2.69 bits per heavy atom. The van der Waals surface area contributed by atoms with Crippen molar-refractivity contribution in [1.82, 2.24) is 4.90 Å². The molecule has 0 atom stereocenters. The molecule has 1 N–H and O–H groups in total. The summed E-state index contributed by atoms with van der Waals surface area (Å²) in [6, 6.07) is 8.12. The number of hydrogen-bond donors (Lipinski definition) is 0. The van der Waals surface area contributed by atoms with Crippen LogP contribution in [-0.4, -0.2) is 31.1 Å². The molecule has 1 aliphatic heterocycles. The van der Waals surface area contributed by atoms with Gasteiger partial charge in [-0.2, -0.15) is 5.26 Å². The Kier molecular flexibility index (Phi) is 3.39. The number of anilines is 1. The van der Waals surface area contributed by atoms with Crippen molar-refractivity contribution in [2.45, 2.75) is 0 Å². The zero-order valence-electron chi connectivity index (χ0n) is 9.13. The number of pyridine rings is 1. The molecule has 0 radical (unpaired) electrons. The first-order valence-corrected chi connectivity index (χ1v) is 5.42. The van der Waals surface area contributed by atoms with Crippen molar-refractivity contribution in [3.05, 3.63) is 36.7 Å². The van der Waals surface area contributed by atoms with Crippen molar-refractivity contribution in [2.24, 2.45) is 0 Å². The summed E-state index contributed by atoms with van der Waals surface area (Å²) in [4.78, 5) is 7.72. The van der Waals surface area contributed by atoms with E-state index in [4.69, 9.17) is 5.26 Å². The number of nitrogens with one attached hydrogen (secondary N) is 1. The third-order valence-corrected chi connectivity index (χ3v) is 2.71. The van der Waals surface area contributed by atoms with Crippen LogP contribution in [0.5, 0.6) is 0 Å². The van der Waals surface area contributed by atoms with Gasteiger partial charge in [-0.15, -0.1) is 0 Å². The lowest BCUT2D eigenvalue weighted by Gasteiger charge is -2.29. The fourth-order valence-electron chi connectivity index (χ4n) is 1.83. The fraction of sp³-hybridized carbons (Fsp3) is 0.333. The lowest BCUT2D eigenvalue weighted by molar-refractivity contribution is -0.364. The number of rotatable bonds is 2. The lowest BCUT2D eigenvalue weighted by Crippen LogP contribution is -2.45. The predicted octanol–water partition coefficient (Wildman–Crippen LogP) is 0.660. The lowest BCUT2D eigenvalue weighted by atomic mass is 10.3. The average molecular weight is 215 g/mol. The van der Waals surface area contributed by atoms with Gasteiger partial charge in [0.15, 0.2) is 0 Å². The van der Waals surface area contributed by atoms with Crippen molar-refractivity contribution < 1.29 is 4.98 Å². The van der Waals surface area contributed by atoms with Gasteiger partial charge >= 0.3 is 0 Å². The fourth-order valence-corrected chi connectivity index (χ4v) is 1.83. The number of hydrogen-bond acceptors (Lipinski definition) is 3. The molecule has 0 amide bonds. The maximum atomic E-state index is 8.45. The van der Waals surface area contributed by atoms with E-state index >= 15 is 0 Å². The predicted molar refractivity (Wildman–Crippen MR) is 61.5 cm³/mol. The van der Waals surface area contributed by atoms with Gasteiger partial charge in [0.25, 0.3) is 5.82 Å². The van der Waals surface area contributed by atoms with Gasteiger partial charge in [-0.05, 0) is 6.07 Å². The number of allylic oxidation sites excluding steroid dienone is 1. The van der Waals surface area contributed by atoms with Gasteiger partial charge in [0, 0.05) is 18.3 Å². The molecule has 0 spiro atoms. The highest BCUT2D eigenvalue weighted by Gasteiger charge is 2.20. The molecule has 0 aromatic carbocycles. The summed E-state index contributed by atoms with van der Waals surface area (Å²) in [6.45, 7) is 3.88. The number of piperazine rings is 1. The average Bonchev–Trinajstić information content (AvgIpc) is 2.38. The van der Waals surface area contributed by atoms with E-state index in [1.54, 1.807) is 0 Å². The quantitative estimate of drug-likeness (QED) is 0.681. The maximum absolute atomic E-state index is 8.45. The molecule has 0 aliphatic carbocycles. The topological polar surface area (TPSA) is 44.4 Å². The zero-order chi connectivity index (χ0) is 11.2. The molecule has 1 aromatic heterocycles. The molecule has 4 nitrogen and oxygen atoms in total. The van der Waals surface area contributed by atoms with E-state index in [2.05, 4.69) is 20.9 Å². The minimum absolute atomic E-state index is 0.959. The van der Waals surface area contributed by atoms with E-state index in [0.717, 1.165) is 32.0 Å². The monoisotopic (exact) mass is 215 g/mol. The van der Waals surface area contributed by atoms with Crippen LogP contribution in [0.4, 0.5) is 5.82 Å². The molecule has 0 saturated carbocycles. The summed E-state index contributed by atoms with van der Waals surface area (Å²) in [5.41, 5.74) is 0. The van der Waals surface area contributed by atoms with Crippen LogP contribution in [-0.2, 0) is 0 Å². The summed E-state index contributed by atoms with van der Waals surface area (Å²) in [5, 5.41) is 8.45. The molecule has 1 fully saturated rings. The Balaban J connectivity index is 1.91. The summed E-state index contributed by atoms with van der Waals surface area (Å²) < 4.78 is 0. The van der Waals surface area contributed by atoms with E-state index in [1.165, 1.54) is 6.08 Å². The summed E-state index contributed by atoms with van der Waals surface area (Å²) in [6.07, 6.45) is 5.34. The smallest absolute Gasteiger partial charge is 0.274 e. The maximum Gasteiger partial charge on any atom is 0.274 e. The molecular weight excluding hydrogens is 200 g/mol. The number of H-pyrrole nitrogens is 1. The molecule has 0 unspecified atom stereocenters. The Bertz CT molecular complexity index is 385. The molecule has 1 aromatic rings. The molecule has 16 heavy (non-hydrogen) atoms. The minimum atomic E-state index is 0.959. The Morgan fingerprint density at radius 1 is 1.25 bits per heavy atom. The van der Waals surface area contributed by atoms with E-state index in [9.17, 15) is 0 Å². The standard InChI is InChI=1S/C12H14N4/c13-5-3-7-15-8-10-16(11-9-15)12-4-1-2-6-14-12/h1-4,6-7H,8-11H2/p+1/b7-3+. The SMILES string of the molecule is N#C/C=C/N1CCN(c2cccc[nH+]2)CC1. The second kappa shape index (κ2) is 5.17. The van der Waals surface area contributed by atoms with Crippen LogP contribution in [0.3, 0.4) is 0 Å². The van der Waals surface area contributed by atoms with Crippen LogP contribution in [0, 0.1) is 11.3 Å². The first-order chi connectivity index (χ1) is 7.90. The molecule has 82 valence electrons. The Hall–Kier alpha value is -2.02. The summed E-state index contributed by atoms with van der Waals surface area (Å²) in [7, 11) is 0. The Labute approximate surface area is 95.4 Å². The molecule has 4 heteroatoms. The number of aromatic amines is 1. The van der Waals surface area contributed by atoms with Crippen LogP contribution in [0.25, 0.3) is 0 Å². The number of nitriles is 1. The van der Waals surface area contributed by atoms with Crippen LogP contribution >= 0.6 is 0 Å².